The topological polar surface area (TPSA) is 133 Å². The van der Waals surface area contributed by atoms with Gasteiger partial charge in [0.2, 0.25) is 0 Å². The molecule has 30 heavy (non-hydrogen) atoms. The van der Waals surface area contributed by atoms with Crippen LogP contribution in [0.4, 0.5) is 0 Å². The Labute approximate surface area is 175 Å². The number of rotatable bonds is 9. The molecule has 2 aromatic carbocycles. The standard InChI is InChI=1S/C20H25NO3.C2H2O4/c1-3-15(2)21-13-17(22)14-24-19-12-8-7-11-18(19)20(23)16-9-5-4-6-10-16;3-1(4)2(5)6/h4-12,15,17,21-22H,3,13-14H2,1-2H3;(H,3,4)(H,5,6). The van der Waals surface area contributed by atoms with E-state index in [9.17, 15) is 9.90 Å². The first-order valence-electron chi connectivity index (χ1n) is 9.45. The second-order valence-electron chi connectivity index (χ2n) is 6.48. The first-order chi connectivity index (χ1) is 14.3. The van der Waals surface area contributed by atoms with E-state index in [0.717, 1.165) is 6.42 Å². The molecule has 8 nitrogen and oxygen atoms in total. The average Bonchev–Trinajstić information content (AvgIpc) is 2.76. The lowest BCUT2D eigenvalue weighted by molar-refractivity contribution is -0.159. The molecule has 162 valence electrons. The van der Waals surface area contributed by atoms with Crippen LogP contribution < -0.4 is 10.1 Å². The van der Waals surface area contributed by atoms with Gasteiger partial charge in [0.15, 0.2) is 5.78 Å². The molecule has 2 unspecified atom stereocenters. The quantitative estimate of drug-likeness (QED) is 0.360. The molecule has 2 rings (SSSR count). The summed E-state index contributed by atoms with van der Waals surface area (Å²) in [5.41, 5.74) is 1.12. The number of aliphatic hydroxyl groups excluding tert-OH is 1. The predicted octanol–water partition coefficient (Wildman–Crippen LogP) is 2.20. The Morgan fingerprint density at radius 2 is 1.53 bits per heavy atom. The zero-order chi connectivity index (χ0) is 22.5. The van der Waals surface area contributed by atoms with Gasteiger partial charge in [-0.1, -0.05) is 49.4 Å². The number of aliphatic carboxylic acids is 2. The van der Waals surface area contributed by atoms with E-state index in [4.69, 9.17) is 24.5 Å². The number of carbonyl (C=O) groups excluding carboxylic acids is 1. The number of carboxylic acids is 2. The smallest absolute Gasteiger partial charge is 0.414 e. The van der Waals surface area contributed by atoms with Crippen molar-refractivity contribution in [2.45, 2.75) is 32.4 Å². The molecule has 0 radical (unpaired) electrons. The Morgan fingerprint density at radius 3 is 2.10 bits per heavy atom. The van der Waals surface area contributed by atoms with Gasteiger partial charge in [-0.25, -0.2) is 9.59 Å². The zero-order valence-corrected chi connectivity index (χ0v) is 16.9. The van der Waals surface area contributed by atoms with Gasteiger partial charge in [-0.2, -0.15) is 0 Å². The molecule has 0 aliphatic carbocycles. The summed E-state index contributed by atoms with van der Waals surface area (Å²) in [5.74, 6) is -3.24. The first kappa shape index (κ1) is 24.8. The summed E-state index contributed by atoms with van der Waals surface area (Å²) in [7, 11) is 0. The SMILES string of the molecule is CCC(C)NCC(O)COc1ccccc1C(=O)c1ccccc1.O=C(O)C(=O)O. The van der Waals surface area contributed by atoms with Crippen LogP contribution >= 0.6 is 0 Å². The molecule has 0 amide bonds. The average molecular weight is 417 g/mol. The van der Waals surface area contributed by atoms with Crippen LogP contribution in [0, 0.1) is 0 Å². The van der Waals surface area contributed by atoms with Crippen LogP contribution in [0.3, 0.4) is 0 Å². The van der Waals surface area contributed by atoms with Crippen molar-refractivity contribution in [1.29, 1.82) is 0 Å². The molecule has 2 aromatic rings. The van der Waals surface area contributed by atoms with Crippen LogP contribution in [0.25, 0.3) is 0 Å². The maximum absolute atomic E-state index is 12.6. The van der Waals surface area contributed by atoms with Gasteiger partial charge in [-0.15, -0.1) is 0 Å². The number of nitrogens with one attached hydrogen (secondary N) is 1. The molecule has 2 atom stereocenters. The maximum Gasteiger partial charge on any atom is 0.414 e. The molecule has 0 heterocycles. The van der Waals surface area contributed by atoms with E-state index in [-0.39, 0.29) is 12.4 Å². The highest BCUT2D eigenvalue weighted by Crippen LogP contribution is 2.21. The van der Waals surface area contributed by atoms with E-state index in [1.165, 1.54) is 0 Å². The largest absolute Gasteiger partial charge is 0.490 e. The van der Waals surface area contributed by atoms with Gasteiger partial charge in [0.05, 0.1) is 5.56 Å². The molecule has 0 aromatic heterocycles. The highest BCUT2D eigenvalue weighted by Gasteiger charge is 2.15. The lowest BCUT2D eigenvalue weighted by Gasteiger charge is -2.17. The highest BCUT2D eigenvalue weighted by atomic mass is 16.5. The van der Waals surface area contributed by atoms with Gasteiger partial charge in [0.25, 0.3) is 0 Å². The molecule has 4 N–H and O–H groups in total. The van der Waals surface area contributed by atoms with Crippen molar-refractivity contribution in [2.75, 3.05) is 13.2 Å². The van der Waals surface area contributed by atoms with Crippen molar-refractivity contribution in [3.63, 3.8) is 0 Å². The van der Waals surface area contributed by atoms with Crippen molar-refractivity contribution in [3.8, 4) is 5.75 Å². The summed E-state index contributed by atoms with van der Waals surface area (Å²) in [6.45, 7) is 4.76. The van der Waals surface area contributed by atoms with E-state index in [1.54, 1.807) is 24.3 Å². The monoisotopic (exact) mass is 417 g/mol. The Morgan fingerprint density at radius 1 is 0.967 bits per heavy atom. The summed E-state index contributed by atoms with van der Waals surface area (Å²) >= 11 is 0. The second kappa shape index (κ2) is 13.1. The van der Waals surface area contributed by atoms with Crippen molar-refractivity contribution < 1.29 is 34.4 Å². The van der Waals surface area contributed by atoms with Crippen LogP contribution in [0.2, 0.25) is 0 Å². The van der Waals surface area contributed by atoms with Crippen LogP contribution in [0.15, 0.2) is 54.6 Å². The minimum Gasteiger partial charge on any atom is -0.490 e. The van der Waals surface area contributed by atoms with Crippen molar-refractivity contribution in [2.24, 2.45) is 0 Å². The lowest BCUT2D eigenvalue weighted by atomic mass is 10.0. The third kappa shape index (κ3) is 8.85. The van der Waals surface area contributed by atoms with E-state index in [2.05, 4.69) is 19.2 Å². The number of aliphatic hydroxyl groups is 1. The third-order valence-electron chi connectivity index (χ3n) is 4.10. The summed E-state index contributed by atoms with van der Waals surface area (Å²) < 4.78 is 5.70. The Balaban J connectivity index is 0.000000656. The number of ketones is 1. The van der Waals surface area contributed by atoms with Crippen LogP contribution in [-0.2, 0) is 9.59 Å². The van der Waals surface area contributed by atoms with E-state index >= 15 is 0 Å². The molecule has 0 saturated carbocycles. The molecule has 0 aliphatic heterocycles. The zero-order valence-electron chi connectivity index (χ0n) is 16.9. The van der Waals surface area contributed by atoms with E-state index < -0.39 is 18.0 Å². The fourth-order valence-corrected chi connectivity index (χ4v) is 2.25. The van der Waals surface area contributed by atoms with Crippen molar-refractivity contribution in [1.82, 2.24) is 5.32 Å². The molecule has 0 bridgehead atoms. The normalized spacial score (nSPS) is 12.1. The third-order valence-corrected chi connectivity index (χ3v) is 4.10. The van der Waals surface area contributed by atoms with Gasteiger partial charge in [0.1, 0.15) is 18.5 Å². The predicted molar refractivity (Wildman–Crippen MR) is 111 cm³/mol. The van der Waals surface area contributed by atoms with E-state index in [1.807, 2.05) is 30.3 Å². The summed E-state index contributed by atoms with van der Waals surface area (Å²) in [4.78, 5) is 30.8. The van der Waals surface area contributed by atoms with Crippen LogP contribution in [0.1, 0.15) is 36.2 Å². The van der Waals surface area contributed by atoms with Gasteiger partial charge in [-0.3, -0.25) is 4.79 Å². The fraction of sp³-hybridized carbons (Fsp3) is 0.318. The van der Waals surface area contributed by atoms with Crippen LogP contribution in [-0.4, -0.2) is 58.3 Å². The number of hydrogen-bond acceptors (Lipinski definition) is 6. The number of ether oxygens (including phenoxy) is 1. The Bertz CT molecular complexity index is 811. The number of carbonyl (C=O) groups is 3. The maximum atomic E-state index is 12.6. The Hall–Kier alpha value is -3.23. The molecule has 8 heteroatoms. The highest BCUT2D eigenvalue weighted by molar-refractivity contribution is 6.27. The summed E-state index contributed by atoms with van der Waals surface area (Å²) in [6.07, 6.45) is 0.376. The first-order valence-corrected chi connectivity index (χ1v) is 9.45. The number of para-hydroxylation sites is 1. The Kier molecular flexibility index (Phi) is 10.8. The fourth-order valence-electron chi connectivity index (χ4n) is 2.25. The summed E-state index contributed by atoms with van der Waals surface area (Å²) in [6, 6.07) is 16.6. The molecule has 0 saturated heterocycles. The number of benzene rings is 2. The van der Waals surface area contributed by atoms with Gasteiger partial charge >= 0.3 is 11.9 Å². The minimum atomic E-state index is -1.82. The van der Waals surface area contributed by atoms with Crippen molar-refractivity contribution in [3.05, 3.63) is 65.7 Å². The van der Waals surface area contributed by atoms with E-state index in [0.29, 0.717) is 29.5 Å². The molecule has 0 fully saturated rings. The lowest BCUT2D eigenvalue weighted by Crippen LogP contribution is -2.36. The molecule has 0 spiro atoms. The van der Waals surface area contributed by atoms with Gasteiger partial charge < -0.3 is 25.4 Å². The van der Waals surface area contributed by atoms with Gasteiger partial charge in [-0.05, 0) is 25.5 Å². The molecular formula is C22H27NO7. The van der Waals surface area contributed by atoms with Crippen molar-refractivity contribution >= 4 is 17.7 Å². The number of hydrogen-bond donors (Lipinski definition) is 4. The summed E-state index contributed by atoms with van der Waals surface area (Å²) in [5, 5.41) is 28.0. The van der Waals surface area contributed by atoms with Gasteiger partial charge in [0, 0.05) is 18.2 Å². The second-order valence-corrected chi connectivity index (χ2v) is 6.48. The number of carboxylic acid groups (broad SMARTS) is 2. The minimum absolute atomic E-state index is 0.0848. The van der Waals surface area contributed by atoms with Crippen LogP contribution in [0.5, 0.6) is 5.75 Å². The molecular weight excluding hydrogens is 390 g/mol. The molecule has 0 aliphatic rings.